The van der Waals surface area contributed by atoms with Crippen LogP contribution in [0.3, 0.4) is 0 Å². The molecule has 1 heterocycles. The van der Waals surface area contributed by atoms with Gasteiger partial charge in [-0.2, -0.15) is 0 Å². The molecule has 3 rings (SSSR count). The minimum Gasteiger partial charge on any atom is -0.497 e. The number of amides is 1. The van der Waals surface area contributed by atoms with Crippen molar-refractivity contribution in [3.05, 3.63) is 77.9 Å². The van der Waals surface area contributed by atoms with Crippen molar-refractivity contribution in [3.8, 4) is 5.75 Å². The predicted octanol–water partition coefficient (Wildman–Crippen LogP) is 3.53. The van der Waals surface area contributed by atoms with Gasteiger partial charge in [0, 0.05) is 24.6 Å². The van der Waals surface area contributed by atoms with E-state index in [1.807, 2.05) is 24.3 Å². The topological polar surface area (TPSA) is 76.1 Å². The molecule has 0 bridgehead atoms. The zero-order chi connectivity index (χ0) is 19.1. The van der Waals surface area contributed by atoms with Crippen molar-refractivity contribution in [1.29, 1.82) is 0 Å². The molecule has 2 aromatic carbocycles. The highest BCUT2D eigenvalue weighted by atomic mass is 19.1. The van der Waals surface area contributed by atoms with Gasteiger partial charge in [0.25, 0.3) is 5.91 Å². The van der Waals surface area contributed by atoms with Crippen molar-refractivity contribution >= 4 is 17.5 Å². The highest BCUT2D eigenvalue weighted by Gasteiger charge is 2.08. The molecule has 0 aliphatic carbocycles. The summed E-state index contributed by atoms with van der Waals surface area (Å²) in [7, 11) is 1.63. The van der Waals surface area contributed by atoms with Crippen molar-refractivity contribution < 1.29 is 13.9 Å². The van der Waals surface area contributed by atoms with E-state index in [1.54, 1.807) is 13.2 Å². The molecule has 138 valence electrons. The van der Waals surface area contributed by atoms with Gasteiger partial charge in [-0.15, -0.1) is 0 Å². The Balaban J connectivity index is 1.51. The molecule has 0 unspecified atom stereocenters. The van der Waals surface area contributed by atoms with Gasteiger partial charge in [-0.3, -0.25) is 4.79 Å². The highest BCUT2D eigenvalue weighted by Crippen LogP contribution is 2.13. The van der Waals surface area contributed by atoms with Gasteiger partial charge in [-0.05, 0) is 42.3 Å². The van der Waals surface area contributed by atoms with Crippen LogP contribution in [0.2, 0.25) is 0 Å². The quantitative estimate of drug-likeness (QED) is 0.669. The Kier molecular flexibility index (Phi) is 5.94. The fraction of sp³-hybridized carbons (Fsp3) is 0.150. The van der Waals surface area contributed by atoms with Crippen LogP contribution in [0.5, 0.6) is 5.75 Å². The Bertz CT molecular complexity index is 899. The first-order valence-corrected chi connectivity index (χ1v) is 8.40. The summed E-state index contributed by atoms with van der Waals surface area (Å²) in [6, 6.07) is 13.5. The standard InChI is InChI=1S/C20H19FN4O2/c1-27-18-7-5-14(6-8-18)9-10-22-20-23-12-15(13-24-20)19(26)25-17-4-2-3-16(21)11-17/h2-8,11-13H,9-10H2,1H3,(H,25,26)(H,22,23,24). The molecule has 0 saturated carbocycles. The molecule has 0 saturated heterocycles. The fourth-order valence-electron chi connectivity index (χ4n) is 2.42. The smallest absolute Gasteiger partial charge is 0.258 e. The molecule has 7 heteroatoms. The van der Waals surface area contributed by atoms with Crippen molar-refractivity contribution in [1.82, 2.24) is 9.97 Å². The van der Waals surface area contributed by atoms with E-state index < -0.39 is 11.7 Å². The first-order valence-electron chi connectivity index (χ1n) is 8.40. The molecule has 1 amide bonds. The predicted molar refractivity (Wildman–Crippen MR) is 102 cm³/mol. The Labute approximate surface area is 156 Å². The summed E-state index contributed by atoms with van der Waals surface area (Å²) in [5, 5.41) is 5.71. The third kappa shape index (κ3) is 5.24. The number of hydrogen-bond acceptors (Lipinski definition) is 5. The van der Waals surface area contributed by atoms with Crippen LogP contribution < -0.4 is 15.4 Å². The largest absolute Gasteiger partial charge is 0.497 e. The molecule has 0 aliphatic heterocycles. The maximum absolute atomic E-state index is 13.2. The summed E-state index contributed by atoms with van der Waals surface area (Å²) >= 11 is 0. The average molecular weight is 366 g/mol. The van der Waals surface area contributed by atoms with Crippen molar-refractivity contribution in [2.75, 3.05) is 24.3 Å². The number of ether oxygens (including phenoxy) is 1. The van der Waals surface area contributed by atoms with Gasteiger partial charge < -0.3 is 15.4 Å². The summed E-state index contributed by atoms with van der Waals surface area (Å²) in [5.74, 6) is 0.443. The van der Waals surface area contributed by atoms with Gasteiger partial charge in [0.05, 0.1) is 12.7 Å². The number of anilines is 2. The summed E-state index contributed by atoms with van der Waals surface area (Å²) in [5.41, 5.74) is 1.83. The van der Waals surface area contributed by atoms with E-state index >= 15 is 0 Å². The molecule has 0 fully saturated rings. The fourth-order valence-corrected chi connectivity index (χ4v) is 2.42. The minimum absolute atomic E-state index is 0.292. The number of nitrogens with one attached hydrogen (secondary N) is 2. The molecular weight excluding hydrogens is 347 g/mol. The summed E-state index contributed by atoms with van der Waals surface area (Å²) < 4.78 is 18.3. The summed E-state index contributed by atoms with van der Waals surface area (Å²) in [6.07, 6.45) is 3.66. The third-order valence-electron chi connectivity index (χ3n) is 3.85. The average Bonchev–Trinajstić information content (AvgIpc) is 2.69. The van der Waals surface area contributed by atoms with Crippen molar-refractivity contribution in [3.63, 3.8) is 0 Å². The molecule has 0 atom stereocenters. The van der Waals surface area contributed by atoms with E-state index in [9.17, 15) is 9.18 Å². The molecule has 0 spiro atoms. The van der Waals surface area contributed by atoms with Crippen LogP contribution in [-0.4, -0.2) is 29.5 Å². The number of hydrogen-bond donors (Lipinski definition) is 2. The lowest BCUT2D eigenvalue weighted by Gasteiger charge is -2.07. The maximum Gasteiger partial charge on any atom is 0.258 e. The van der Waals surface area contributed by atoms with E-state index in [0.717, 1.165) is 17.7 Å². The van der Waals surface area contributed by atoms with Crippen molar-refractivity contribution in [2.24, 2.45) is 0 Å². The van der Waals surface area contributed by atoms with Gasteiger partial charge in [0.15, 0.2) is 0 Å². The lowest BCUT2D eigenvalue weighted by atomic mass is 10.1. The van der Waals surface area contributed by atoms with Gasteiger partial charge in [0.2, 0.25) is 5.95 Å². The third-order valence-corrected chi connectivity index (χ3v) is 3.85. The minimum atomic E-state index is -0.416. The number of rotatable bonds is 7. The first kappa shape index (κ1) is 18.3. The molecule has 1 aromatic heterocycles. The second-order valence-electron chi connectivity index (χ2n) is 5.78. The molecule has 0 aliphatic rings. The summed E-state index contributed by atoms with van der Waals surface area (Å²) in [6.45, 7) is 0.654. The molecule has 0 radical (unpaired) electrons. The molecule has 3 aromatic rings. The van der Waals surface area contributed by atoms with E-state index in [0.29, 0.717) is 23.7 Å². The Morgan fingerprint density at radius 3 is 2.52 bits per heavy atom. The Morgan fingerprint density at radius 2 is 1.85 bits per heavy atom. The number of carbonyl (C=O) groups is 1. The van der Waals surface area contributed by atoms with E-state index in [4.69, 9.17) is 4.74 Å². The normalized spacial score (nSPS) is 10.3. The number of nitrogens with zero attached hydrogens (tertiary/aromatic N) is 2. The van der Waals surface area contributed by atoms with Gasteiger partial charge in [0.1, 0.15) is 11.6 Å². The van der Waals surface area contributed by atoms with E-state index in [2.05, 4.69) is 20.6 Å². The van der Waals surface area contributed by atoms with Crippen LogP contribution in [0.25, 0.3) is 0 Å². The number of benzene rings is 2. The lowest BCUT2D eigenvalue weighted by Crippen LogP contribution is -2.14. The highest BCUT2D eigenvalue weighted by molar-refractivity contribution is 6.03. The summed E-state index contributed by atoms with van der Waals surface area (Å²) in [4.78, 5) is 20.4. The van der Waals surface area contributed by atoms with Gasteiger partial charge in [-0.25, -0.2) is 14.4 Å². The van der Waals surface area contributed by atoms with Gasteiger partial charge in [-0.1, -0.05) is 18.2 Å². The van der Waals surface area contributed by atoms with E-state index in [1.165, 1.54) is 30.6 Å². The van der Waals surface area contributed by atoms with Crippen LogP contribution in [-0.2, 0) is 6.42 Å². The Morgan fingerprint density at radius 1 is 1.11 bits per heavy atom. The first-order chi connectivity index (χ1) is 13.1. The number of carbonyl (C=O) groups excluding carboxylic acids is 1. The van der Waals surface area contributed by atoms with Crippen LogP contribution in [0, 0.1) is 5.82 Å². The van der Waals surface area contributed by atoms with Crippen LogP contribution in [0.15, 0.2) is 60.9 Å². The van der Waals surface area contributed by atoms with Crippen LogP contribution >= 0.6 is 0 Å². The number of halogens is 1. The lowest BCUT2D eigenvalue weighted by molar-refractivity contribution is 0.102. The van der Waals surface area contributed by atoms with E-state index in [-0.39, 0.29) is 0 Å². The second kappa shape index (κ2) is 8.75. The van der Waals surface area contributed by atoms with Crippen LogP contribution in [0.4, 0.5) is 16.0 Å². The van der Waals surface area contributed by atoms with Gasteiger partial charge >= 0.3 is 0 Å². The van der Waals surface area contributed by atoms with Crippen LogP contribution in [0.1, 0.15) is 15.9 Å². The molecule has 6 nitrogen and oxygen atoms in total. The molecule has 2 N–H and O–H groups in total. The second-order valence-corrected chi connectivity index (χ2v) is 5.78. The Hall–Kier alpha value is -3.48. The number of methoxy groups -OCH3 is 1. The zero-order valence-electron chi connectivity index (χ0n) is 14.8. The number of aromatic nitrogens is 2. The molecule has 27 heavy (non-hydrogen) atoms. The van der Waals surface area contributed by atoms with Crippen molar-refractivity contribution in [2.45, 2.75) is 6.42 Å². The maximum atomic E-state index is 13.2. The zero-order valence-corrected chi connectivity index (χ0v) is 14.8. The monoisotopic (exact) mass is 366 g/mol. The SMILES string of the molecule is COc1ccc(CCNc2ncc(C(=O)Nc3cccc(F)c3)cn2)cc1. The molecular formula is C20H19FN4O2.